The molecule has 0 saturated carbocycles. The molecule has 1 aromatic carbocycles. The van der Waals surface area contributed by atoms with E-state index in [9.17, 15) is 4.79 Å². The van der Waals surface area contributed by atoms with E-state index in [0.717, 1.165) is 0 Å². The molecule has 0 spiro atoms. The van der Waals surface area contributed by atoms with Crippen molar-refractivity contribution in [1.29, 1.82) is 0 Å². The Morgan fingerprint density at radius 3 is 2.47 bits per heavy atom. The van der Waals surface area contributed by atoms with Crippen molar-refractivity contribution < 1.29 is 9.90 Å². The number of nitrogens with two attached hydrogens (primary N) is 2. The molecule has 0 heterocycles. The molecular formula is C10H15N3O2. The molecule has 0 aliphatic carbocycles. The Kier molecular flexibility index (Phi) is 3.16. The van der Waals surface area contributed by atoms with Crippen molar-refractivity contribution in [3.63, 3.8) is 0 Å². The first-order chi connectivity index (χ1) is 6.93. The summed E-state index contributed by atoms with van der Waals surface area (Å²) in [7, 11) is 0. The third kappa shape index (κ3) is 2.38. The molecule has 0 atom stereocenters. The maximum Gasteiger partial charge on any atom is 0.335 e. The normalized spacial score (nSPS) is 10.4. The number of carbonyl (C=O) groups is 1. The van der Waals surface area contributed by atoms with Gasteiger partial charge in [-0.1, -0.05) is 0 Å². The second-order valence-electron chi connectivity index (χ2n) is 3.58. The highest BCUT2D eigenvalue weighted by Crippen LogP contribution is 2.23. The predicted molar refractivity (Wildman–Crippen MR) is 59.6 cm³/mol. The first-order valence-corrected chi connectivity index (χ1v) is 4.60. The number of hydrogen-bond donors (Lipinski definition) is 3. The number of carboxylic acids is 1. The van der Waals surface area contributed by atoms with E-state index in [1.54, 1.807) is 6.07 Å². The van der Waals surface area contributed by atoms with Gasteiger partial charge in [-0.15, -0.1) is 0 Å². The van der Waals surface area contributed by atoms with E-state index in [4.69, 9.17) is 16.7 Å². The van der Waals surface area contributed by atoms with Gasteiger partial charge in [0.25, 0.3) is 0 Å². The Morgan fingerprint density at radius 1 is 1.47 bits per heavy atom. The molecule has 5 nitrogen and oxygen atoms in total. The molecule has 5 heteroatoms. The van der Waals surface area contributed by atoms with E-state index < -0.39 is 5.97 Å². The van der Waals surface area contributed by atoms with Gasteiger partial charge in [0.15, 0.2) is 0 Å². The van der Waals surface area contributed by atoms with Gasteiger partial charge in [-0.3, -0.25) is 0 Å². The number of carboxylic acid groups (broad SMARTS) is 1. The van der Waals surface area contributed by atoms with E-state index in [-0.39, 0.29) is 11.6 Å². The maximum atomic E-state index is 10.7. The zero-order valence-corrected chi connectivity index (χ0v) is 8.77. The molecule has 0 aliphatic rings. The topological polar surface area (TPSA) is 92.6 Å². The molecule has 0 unspecified atom stereocenters. The minimum Gasteiger partial charge on any atom is -0.478 e. The van der Waals surface area contributed by atoms with Gasteiger partial charge in [-0.2, -0.15) is 0 Å². The number of aromatic carboxylic acids is 1. The molecule has 0 aliphatic heterocycles. The Morgan fingerprint density at radius 2 is 2.07 bits per heavy atom. The van der Waals surface area contributed by atoms with Gasteiger partial charge in [0, 0.05) is 6.04 Å². The van der Waals surface area contributed by atoms with Crippen LogP contribution in [0, 0.1) is 0 Å². The smallest absolute Gasteiger partial charge is 0.335 e. The lowest BCUT2D eigenvalue weighted by atomic mass is 10.1. The highest BCUT2D eigenvalue weighted by molar-refractivity contribution is 5.90. The van der Waals surface area contributed by atoms with Gasteiger partial charge in [0.1, 0.15) is 0 Å². The number of hydrazine groups is 1. The standard InChI is InChI=1S/C10H15N3O2/c1-6(2)13(12)9-4-3-7(10(14)15)5-8(9)11/h3-6H,11-12H2,1-2H3,(H,14,15). The van der Waals surface area contributed by atoms with E-state index in [0.29, 0.717) is 11.4 Å². The van der Waals surface area contributed by atoms with Gasteiger partial charge in [0.2, 0.25) is 0 Å². The van der Waals surface area contributed by atoms with Gasteiger partial charge < -0.3 is 15.8 Å². The molecule has 0 fully saturated rings. The fraction of sp³-hybridized carbons (Fsp3) is 0.300. The van der Waals surface area contributed by atoms with Crippen molar-refractivity contribution in [2.75, 3.05) is 10.7 Å². The average molecular weight is 209 g/mol. The van der Waals surface area contributed by atoms with Crippen LogP contribution in [0.5, 0.6) is 0 Å². The van der Waals surface area contributed by atoms with Crippen molar-refractivity contribution in [1.82, 2.24) is 0 Å². The Balaban J connectivity index is 3.08. The minimum atomic E-state index is -0.999. The molecule has 1 rings (SSSR count). The molecule has 5 N–H and O–H groups in total. The lowest BCUT2D eigenvalue weighted by molar-refractivity contribution is 0.0697. The van der Waals surface area contributed by atoms with Crippen LogP contribution in [-0.2, 0) is 0 Å². The summed E-state index contributed by atoms with van der Waals surface area (Å²) in [6.45, 7) is 3.84. The van der Waals surface area contributed by atoms with E-state index >= 15 is 0 Å². The highest BCUT2D eigenvalue weighted by atomic mass is 16.4. The molecule has 0 saturated heterocycles. The van der Waals surface area contributed by atoms with Crippen LogP contribution in [-0.4, -0.2) is 17.1 Å². The van der Waals surface area contributed by atoms with Crippen LogP contribution < -0.4 is 16.6 Å². The molecule has 82 valence electrons. The lowest BCUT2D eigenvalue weighted by Crippen LogP contribution is -2.37. The summed E-state index contributed by atoms with van der Waals surface area (Å²) in [6.07, 6.45) is 0. The average Bonchev–Trinajstić information content (AvgIpc) is 2.16. The zero-order chi connectivity index (χ0) is 11.6. The third-order valence-electron chi connectivity index (χ3n) is 2.11. The number of benzene rings is 1. The van der Waals surface area contributed by atoms with Crippen molar-refractivity contribution in [2.24, 2.45) is 5.84 Å². The van der Waals surface area contributed by atoms with Crippen molar-refractivity contribution in [2.45, 2.75) is 19.9 Å². The zero-order valence-electron chi connectivity index (χ0n) is 8.77. The SMILES string of the molecule is CC(C)N(N)c1ccc(C(=O)O)cc1N. The number of nitrogen functional groups attached to an aromatic ring is 1. The third-order valence-corrected chi connectivity index (χ3v) is 2.11. The first-order valence-electron chi connectivity index (χ1n) is 4.60. The molecule has 0 aromatic heterocycles. The quantitative estimate of drug-likeness (QED) is 0.393. The largest absolute Gasteiger partial charge is 0.478 e. The molecule has 0 bridgehead atoms. The first kappa shape index (κ1) is 11.3. The Hall–Kier alpha value is -1.75. The summed E-state index contributed by atoms with van der Waals surface area (Å²) in [4.78, 5) is 10.7. The van der Waals surface area contributed by atoms with Crippen LogP contribution in [0.1, 0.15) is 24.2 Å². The summed E-state index contributed by atoms with van der Waals surface area (Å²) in [5, 5.41) is 10.2. The predicted octanol–water partition coefficient (Wildman–Crippen LogP) is 1.06. The summed E-state index contributed by atoms with van der Waals surface area (Å²) in [5.41, 5.74) is 6.87. The molecule has 15 heavy (non-hydrogen) atoms. The number of rotatable bonds is 3. The fourth-order valence-electron chi connectivity index (χ4n) is 1.20. The van der Waals surface area contributed by atoms with Gasteiger partial charge in [-0.05, 0) is 32.0 Å². The van der Waals surface area contributed by atoms with Gasteiger partial charge in [0.05, 0.1) is 16.9 Å². The second kappa shape index (κ2) is 4.18. The summed E-state index contributed by atoms with van der Waals surface area (Å²) < 4.78 is 0. The van der Waals surface area contributed by atoms with E-state index in [1.165, 1.54) is 17.1 Å². The summed E-state index contributed by atoms with van der Waals surface area (Å²) in [5.74, 6) is 4.77. The molecular weight excluding hydrogens is 194 g/mol. The lowest BCUT2D eigenvalue weighted by Gasteiger charge is -2.24. The van der Waals surface area contributed by atoms with Gasteiger partial charge >= 0.3 is 5.97 Å². The number of hydrogen-bond acceptors (Lipinski definition) is 4. The fourth-order valence-corrected chi connectivity index (χ4v) is 1.20. The Labute approximate surface area is 88.3 Å². The monoisotopic (exact) mass is 209 g/mol. The number of anilines is 2. The number of nitrogens with zero attached hydrogens (tertiary/aromatic N) is 1. The van der Waals surface area contributed by atoms with Crippen LogP contribution in [0.3, 0.4) is 0 Å². The molecule has 0 amide bonds. The highest BCUT2D eigenvalue weighted by Gasteiger charge is 2.11. The van der Waals surface area contributed by atoms with Crippen molar-refractivity contribution >= 4 is 17.3 Å². The van der Waals surface area contributed by atoms with Crippen LogP contribution in [0.4, 0.5) is 11.4 Å². The van der Waals surface area contributed by atoms with E-state index in [1.807, 2.05) is 13.8 Å². The molecule has 0 radical (unpaired) electrons. The minimum absolute atomic E-state index is 0.1000. The second-order valence-corrected chi connectivity index (χ2v) is 3.58. The van der Waals surface area contributed by atoms with Crippen molar-refractivity contribution in [3.05, 3.63) is 23.8 Å². The van der Waals surface area contributed by atoms with Crippen molar-refractivity contribution in [3.8, 4) is 0 Å². The van der Waals surface area contributed by atoms with Gasteiger partial charge in [-0.25, -0.2) is 10.6 Å². The molecule has 1 aromatic rings. The van der Waals surface area contributed by atoms with Crippen LogP contribution in [0.15, 0.2) is 18.2 Å². The summed E-state index contributed by atoms with van der Waals surface area (Å²) in [6, 6.07) is 4.59. The summed E-state index contributed by atoms with van der Waals surface area (Å²) >= 11 is 0. The van der Waals surface area contributed by atoms with Crippen LogP contribution in [0.25, 0.3) is 0 Å². The Bertz CT molecular complexity index is 377. The van der Waals surface area contributed by atoms with E-state index in [2.05, 4.69) is 0 Å². The van der Waals surface area contributed by atoms with Crippen LogP contribution in [0.2, 0.25) is 0 Å². The van der Waals surface area contributed by atoms with Crippen LogP contribution >= 0.6 is 0 Å². The maximum absolute atomic E-state index is 10.7.